The Bertz CT molecular complexity index is 2190. The Morgan fingerprint density at radius 3 is 1.17 bits per heavy atom. The summed E-state index contributed by atoms with van der Waals surface area (Å²) in [6.45, 7) is 3.69. The molecular weight excluding hydrogens is 845 g/mol. The number of benzene rings is 4. The molecule has 6 rings (SSSR count). The van der Waals surface area contributed by atoms with Crippen LogP contribution in [0.15, 0.2) is 72.8 Å². The van der Waals surface area contributed by atoms with E-state index in [2.05, 4.69) is 50.5 Å². The highest BCUT2D eigenvalue weighted by Gasteiger charge is 2.41. The summed E-state index contributed by atoms with van der Waals surface area (Å²) in [6, 6.07) is 20.6. The Labute approximate surface area is 390 Å². The molecular formula is C52H68N2O12+2. The molecule has 0 bridgehead atoms. The quantitative estimate of drug-likeness (QED) is 0.0337. The molecule has 0 aromatic heterocycles. The van der Waals surface area contributed by atoms with Crippen LogP contribution in [0.25, 0.3) is 0 Å². The first-order valence-corrected chi connectivity index (χ1v) is 22.5. The van der Waals surface area contributed by atoms with Crippen molar-refractivity contribution in [3.05, 3.63) is 106 Å². The van der Waals surface area contributed by atoms with Crippen LogP contribution < -0.4 is 37.9 Å². The first kappa shape index (κ1) is 49.3. The van der Waals surface area contributed by atoms with Gasteiger partial charge in [-0.25, -0.2) is 9.59 Å². The highest BCUT2D eigenvalue weighted by atomic mass is 16.5. The summed E-state index contributed by atoms with van der Waals surface area (Å²) >= 11 is 0. The van der Waals surface area contributed by atoms with Crippen LogP contribution >= 0.6 is 0 Å². The summed E-state index contributed by atoms with van der Waals surface area (Å²) in [7, 11) is 17.7. The maximum atomic E-state index is 12.8. The van der Waals surface area contributed by atoms with Gasteiger partial charge in [0.15, 0.2) is 46.0 Å². The van der Waals surface area contributed by atoms with Gasteiger partial charge in [-0.2, -0.15) is 0 Å². The molecule has 4 aromatic rings. The molecule has 0 saturated heterocycles. The lowest BCUT2D eigenvalue weighted by molar-refractivity contribution is -0.941. The molecule has 0 N–H and O–H groups in total. The van der Waals surface area contributed by atoms with Crippen molar-refractivity contribution in [2.45, 2.75) is 50.6 Å². The Hall–Kier alpha value is -6.12. The lowest BCUT2D eigenvalue weighted by Crippen LogP contribution is -2.52. The number of ether oxygens (including phenoxy) is 10. The average Bonchev–Trinajstić information content (AvgIpc) is 3.34. The van der Waals surface area contributed by atoms with E-state index >= 15 is 0 Å². The first-order valence-electron chi connectivity index (χ1n) is 22.5. The van der Waals surface area contributed by atoms with Crippen LogP contribution in [-0.2, 0) is 44.7 Å². The second kappa shape index (κ2) is 22.4. The SMILES string of the molecule is COc1ccc(C[C@H]2c3cc(OC)c(OC)cc3CC[N+]2(C)CCCOC(=O)/C=C/C(=O)OCCC[N@+]2(C)CCc3cc(OC)c(OC)cc3[C@@H]2Cc2ccc(OC)c(OC)c2)cc1OC. The predicted octanol–water partition coefficient (Wildman–Crippen LogP) is 7.45. The third-order valence-electron chi connectivity index (χ3n) is 13.5. The van der Waals surface area contributed by atoms with E-state index in [9.17, 15) is 9.59 Å². The van der Waals surface area contributed by atoms with Gasteiger partial charge in [-0.05, 0) is 70.8 Å². The van der Waals surface area contributed by atoms with Crippen molar-refractivity contribution in [3.8, 4) is 46.0 Å². The second-order valence-corrected chi connectivity index (χ2v) is 17.4. The fourth-order valence-corrected chi connectivity index (χ4v) is 9.75. The Morgan fingerprint density at radius 1 is 0.485 bits per heavy atom. The standard InChI is InChI=1S/C52H68N2O12/c1-53(23-19-37-31-47(61-7)49(63-9)33-39(37)41(53)27-35-13-15-43(57-3)45(29-35)59-5)21-11-25-65-51(55)17-18-52(56)66-26-12-22-54(2)24-20-38-32-48(62-8)50(64-10)34-40(38)42(54)28-36-14-16-44(58-4)46(30-36)60-6/h13-18,29-34,41-42H,11-12,19-28H2,1-10H3/q+2/b18-17+/t41-,42-,53+,54?/m0/s1. The number of hydrogen-bond acceptors (Lipinski definition) is 12. The van der Waals surface area contributed by atoms with E-state index < -0.39 is 11.9 Å². The first-order chi connectivity index (χ1) is 31.9. The third-order valence-corrected chi connectivity index (χ3v) is 13.5. The molecule has 356 valence electrons. The molecule has 2 aliphatic rings. The summed E-state index contributed by atoms with van der Waals surface area (Å²) < 4.78 is 57.7. The van der Waals surface area contributed by atoms with E-state index in [-0.39, 0.29) is 25.3 Å². The molecule has 4 aromatic carbocycles. The topological polar surface area (TPSA) is 126 Å². The molecule has 0 fully saturated rings. The maximum Gasteiger partial charge on any atom is 0.331 e. The van der Waals surface area contributed by atoms with Crippen molar-refractivity contribution in [1.29, 1.82) is 0 Å². The fourth-order valence-electron chi connectivity index (χ4n) is 9.75. The molecule has 4 atom stereocenters. The van der Waals surface area contributed by atoms with Crippen LogP contribution in [0.5, 0.6) is 46.0 Å². The van der Waals surface area contributed by atoms with Crippen molar-refractivity contribution in [2.24, 2.45) is 0 Å². The average molecular weight is 913 g/mol. The van der Waals surface area contributed by atoms with E-state index in [1.54, 1.807) is 56.9 Å². The molecule has 0 aliphatic carbocycles. The number of fused-ring (bicyclic) bond motifs is 2. The van der Waals surface area contributed by atoms with Gasteiger partial charge >= 0.3 is 11.9 Å². The molecule has 0 amide bonds. The molecule has 14 nitrogen and oxygen atoms in total. The van der Waals surface area contributed by atoms with Crippen molar-refractivity contribution >= 4 is 11.9 Å². The zero-order chi connectivity index (χ0) is 47.4. The summed E-state index contributed by atoms with van der Waals surface area (Å²) in [5.41, 5.74) is 7.06. The van der Waals surface area contributed by atoms with E-state index in [0.717, 1.165) is 84.1 Å². The van der Waals surface area contributed by atoms with E-state index in [1.165, 1.54) is 22.3 Å². The summed E-state index contributed by atoms with van der Waals surface area (Å²) in [5.74, 6) is 4.31. The van der Waals surface area contributed by atoms with Crippen LogP contribution in [-0.4, -0.2) is 131 Å². The van der Waals surface area contributed by atoms with Crippen LogP contribution in [0, 0.1) is 0 Å². The number of rotatable bonds is 22. The van der Waals surface area contributed by atoms with Gasteiger partial charge in [0.05, 0.1) is 110 Å². The van der Waals surface area contributed by atoms with Gasteiger partial charge in [-0.15, -0.1) is 0 Å². The minimum atomic E-state index is -0.590. The number of nitrogens with zero attached hydrogens (tertiary/aromatic N) is 2. The molecule has 2 aliphatic heterocycles. The number of carbonyl (C=O) groups excluding carboxylic acids is 2. The van der Waals surface area contributed by atoms with Gasteiger partial charge < -0.3 is 56.3 Å². The largest absolute Gasteiger partial charge is 0.493 e. The van der Waals surface area contributed by atoms with E-state index in [0.29, 0.717) is 58.8 Å². The zero-order valence-electron chi connectivity index (χ0n) is 40.4. The minimum Gasteiger partial charge on any atom is -0.493 e. The van der Waals surface area contributed by atoms with Crippen LogP contribution in [0.1, 0.15) is 58.3 Å². The monoisotopic (exact) mass is 912 g/mol. The van der Waals surface area contributed by atoms with Crippen molar-refractivity contribution in [3.63, 3.8) is 0 Å². The van der Waals surface area contributed by atoms with Crippen molar-refractivity contribution < 1.29 is 65.9 Å². The highest BCUT2D eigenvalue weighted by Crippen LogP contribution is 2.45. The molecule has 1 unspecified atom stereocenters. The smallest absolute Gasteiger partial charge is 0.331 e. The van der Waals surface area contributed by atoms with Gasteiger partial charge in [0.2, 0.25) is 0 Å². The highest BCUT2D eigenvalue weighted by molar-refractivity contribution is 5.91. The van der Waals surface area contributed by atoms with E-state index in [4.69, 9.17) is 47.4 Å². The van der Waals surface area contributed by atoms with Crippen molar-refractivity contribution in [2.75, 3.05) is 110 Å². The minimum absolute atomic E-state index is 0.0726. The van der Waals surface area contributed by atoms with Crippen LogP contribution in [0.4, 0.5) is 0 Å². The number of likely N-dealkylation sites (N-methyl/N-ethyl adjacent to an activating group) is 2. The fraction of sp³-hybridized carbons (Fsp3) is 0.462. The molecule has 0 spiro atoms. The molecule has 14 heteroatoms. The number of hydrogen-bond donors (Lipinski definition) is 0. The van der Waals surface area contributed by atoms with Crippen LogP contribution in [0.2, 0.25) is 0 Å². The molecule has 0 saturated carbocycles. The van der Waals surface area contributed by atoms with Gasteiger partial charge in [-0.3, -0.25) is 0 Å². The number of quaternary nitrogens is 2. The summed E-state index contributed by atoms with van der Waals surface area (Å²) in [4.78, 5) is 25.6. The normalized spacial score (nSPS) is 19.8. The van der Waals surface area contributed by atoms with Crippen LogP contribution in [0.3, 0.4) is 0 Å². The number of methoxy groups -OCH3 is 8. The lowest BCUT2D eigenvalue weighted by atomic mass is 9.86. The van der Waals surface area contributed by atoms with E-state index in [1.807, 2.05) is 24.3 Å². The maximum absolute atomic E-state index is 12.8. The summed E-state index contributed by atoms with van der Waals surface area (Å²) in [6.07, 6.45) is 6.73. The predicted molar refractivity (Wildman–Crippen MR) is 251 cm³/mol. The summed E-state index contributed by atoms with van der Waals surface area (Å²) in [5, 5.41) is 0. The molecule has 0 radical (unpaired) electrons. The van der Waals surface area contributed by atoms with Gasteiger partial charge in [0.25, 0.3) is 0 Å². The third kappa shape index (κ3) is 11.3. The van der Waals surface area contributed by atoms with Gasteiger partial charge in [0, 0.05) is 61.8 Å². The molecule has 2 heterocycles. The number of esters is 2. The Balaban J connectivity index is 1.04. The molecule has 66 heavy (non-hydrogen) atoms. The lowest BCUT2D eigenvalue weighted by Gasteiger charge is -2.46. The zero-order valence-corrected chi connectivity index (χ0v) is 40.4. The Kier molecular flexibility index (Phi) is 16.7. The van der Waals surface area contributed by atoms with Gasteiger partial charge in [0.1, 0.15) is 12.1 Å². The number of carbonyl (C=O) groups is 2. The van der Waals surface area contributed by atoms with Crippen molar-refractivity contribution in [1.82, 2.24) is 0 Å². The Morgan fingerprint density at radius 2 is 0.818 bits per heavy atom. The van der Waals surface area contributed by atoms with Gasteiger partial charge in [-0.1, -0.05) is 12.1 Å². The second-order valence-electron chi connectivity index (χ2n) is 17.4.